The molecule has 2 saturated heterocycles. The highest BCUT2D eigenvalue weighted by Gasteiger charge is 2.53. The Labute approximate surface area is 346 Å². The standard InChI is InChI=1S/C37H68N2O19S/c1-4-27-31(43)32(44)30(39-25(2)40)36(55-27)57-34-28(23-54-46)56-37(35(33(34)45)58-59(47,48)49)53-18-14-10-6-8-12-16-26(41)15-11-7-5-9-13-17-38-29(42)24-52-22-21-51-20-19-50-3/h27-28,30-37,43-46H,4-24H2,1-3H3,(H,38,42)(H,39,40)(H,47,48,49). The molecule has 0 bridgehead atoms. The Morgan fingerprint density at radius 3 is 1.97 bits per heavy atom. The molecule has 22 heteroatoms. The van der Waals surface area contributed by atoms with Crippen LogP contribution in [0, 0.1) is 0 Å². The molecule has 10 unspecified atom stereocenters. The van der Waals surface area contributed by atoms with E-state index in [4.69, 9.17) is 37.3 Å². The topological polar surface area (TPSA) is 294 Å². The van der Waals surface area contributed by atoms with Crippen molar-refractivity contribution in [3.8, 4) is 0 Å². The zero-order chi connectivity index (χ0) is 43.6. The summed E-state index contributed by atoms with van der Waals surface area (Å²) in [6.45, 7) is 4.54. The highest BCUT2D eigenvalue weighted by molar-refractivity contribution is 7.80. The predicted octanol–water partition coefficient (Wildman–Crippen LogP) is 0.559. The highest BCUT2D eigenvalue weighted by Crippen LogP contribution is 2.32. The Kier molecular flexibility index (Phi) is 27.1. The van der Waals surface area contributed by atoms with Crippen molar-refractivity contribution in [1.82, 2.24) is 10.6 Å². The Hall–Kier alpha value is -2.00. The summed E-state index contributed by atoms with van der Waals surface area (Å²) < 4.78 is 76.4. The zero-order valence-corrected chi connectivity index (χ0v) is 35.3. The van der Waals surface area contributed by atoms with Gasteiger partial charge in [0.15, 0.2) is 18.7 Å². The van der Waals surface area contributed by atoms with Gasteiger partial charge in [0.2, 0.25) is 11.8 Å². The van der Waals surface area contributed by atoms with Crippen LogP contribution >= 0.6 is 0 Å². The number of methoxy groups -OCH3 is 1. The molecule has 21 nitrogen and oxygen atoms in total. The van der Waals surface area contributed by atoms with Gasteiger partial charge in [-0.25, -0.2) is 9.07 Å². The number of ketones is 1. The summed E-state index contributed by atoms with van der Waals surface area (Å²) in [5.74, 6) is -0.550. The monoisotopic (exact) mass is 876 g/mol. The maximum atomic E-state index is 12.3. The van der Waals surface area contributed by atoms with Crippen LogP contribution < -0.4 is 10.6 Å². The van der Waals surface area contributed by atoms with Gasteiger partial charge >= 0.3 is 10.4 Å². The number of carbonyl (C=O) groups is 3. The second-order valence-electron chi connectivity index (χ2n) is 14.5. The first-order chi connectivity index (χ1) is 28.2. The number of carbonyl (C=O) groups excluding carboxylic acids is 3. The molecule has 0 aliphatic carbocycles. The molecule has 2 heterocycles. The first-order valence-corrected chi connectivity index (χ1v) is 21.8. The number of aliphatic hydroxyl groups excluding tert-OH is 3. The van der Waals surface area contributed by atoms with E-state index in [9.17, 15) is 47.9 Å². The van der Waals surface area contributed by atoms with E-state index in [1.807, 2.05) is 0 Å². The van der Waals surface area contributed by atoms with Crippen LogP contribution in [0.4, 0.5) is 0 Å². The molecule has 0 radical (unpaired) electrons. The van der Waals surface area contributed by atoms with Gasteiger partial charge in [0.25, 0.3) is 0 Å². The van der Waals surface area contributed by atoms with E-state index < -0.39 is 84.3 Å². The summed E-state index contributed by atoms with van der Waals surface area (Å²) in [7, 11) is -3.58. The SMILES string of the molecule is CCC1OC(OC2C(COO)OC(OCCCCCCCC(=O)CCCCCCCNC(=O)COCCOCCOC)C(OS(=O)(=O)O)C2O)C(NC(C)=O)C(O)C1O. The number of hydrogen-bond acceptors (Lipinski definition) is 18. The predicted molar refractivity (Wildman–Crippen MR) is 206 cm³/mol. The van der Waals surface area contributed by atoms with E-state index in [2.05, 4.69) is 15.5 Å². The molecule has 59 heavy (non-hydrogen) atoms. The molecule has 7 N–H and O–H groups in total. The lowest BCUT2D eigenvalue weighted by Gasteiger charge is -2.47. The average Bonchev–Trinajstić information content (AvgIpc) is 3.18. The van der Waals surface area contributed by atoms with Crippen LogP contribution in [0.3, 0.4) is 0 Å². The maximum absolute atomic E-state index is 12.3. The lowest BCUT2D eigenvalue weighted by Crippen LogP contribution is -2.67. The van der Waals surface area contributed by atoms with Gasteiger partial charge in [-0.15, -0.1) is 0 Å². The van der Waals surface area contributed by atoms with Crippen molar-refractivity contribution in [2.24, 2.45) is 0 Å². The number of nitrogens with one attached hydrogen (secondary N) is 2. The molecular formula is C37H68N2O19S. The number of ether oxygens (including phenoxy) is 7. The molecule has 0 spiro atoms. The maximum Gasteiger partial charge on any atom is 0.397 e. The minimum absolute atomic E-state index is 0.00393. The van der Waals surface area contributed by atoms with Crippen molar-refractivity contribution >= 4 is 28.0 Å². The lowest BCUT2D eigenvalue weighted by molar-refractivity contribution is -0.359. The fourth-order valence-electron chi connectivity index (χ4n) is 6.64. The second kappa shape index (κ2) is 30.1. The Bertz CT molecular complexity index is 1280. The Balaban J connectivity index is 1.68. The van der Waals surface area contributed by atoms with Gasteiger partial charge in [0.1, 0.15) is 55.6 Å². The number of Topliss-reactive ketones (excluding diaryl/α,β-unsaturated/α-hetero) is 1. The summed E-state index contributed by atoms with van der Waals surface area (Å²) in [5.41, 5.74) is 0. The van der Waals surface area contributed by atoms with Gasteiger partial charge in [-0.3, -0.25) is 24.2 Å². The van der Waals surface area contributed by atoms with Crippen LogP contribution in [0.5, 0.6) is 0 Å². The molecule has 2 amide bonds. The summed E-state index contributed by atoms with van der Waals surface area (Å²) in [6.07, 6.45) is -4.49. The van der Waals surface area contributed by atoms with Crippen LogP contribution in [0.25, 0.3) is 0 Å². The van der Waals surface area contributed by atoms with E-state index in [-0.39, 0.29) is 31.3 Å². The van der Waals surface area contributed by atoms with Gasteiger partial charge in [0, 0.05) is 40.0 Å². The van der Waals surface area contributed by atoms with E-state index in [1.165, 1.54) is 0 Å². The fourth-order valence-corrected chi connectivity index (χ4v) is 7.12. The van der Waals surface area contributed by atoms with Crippen LogP contribution in [-0.2, 0) is 67.0 Å². The fraction of sp³-hybridized carbons (Fsp3) is 0.919. The molecular weight excluding hydrogens is 808 g/mol. The molecule has 2 aliphatic rings. The summed E-state index contributed by atoms with van der Waals surface area (Å²) in [5, 5.41) is 47.0. The van der Waals surface area contributed by atoms with Gasteiger partial charge < -0.3 is 59.1 Å². The van der Waals surface area contributed by atoms with Crippen LogP contribution in [0.1, 0.15) is 97.3 Å². The molecule has 0 aromatic carbocycles. The summed E-state index contributed by atoms with van der Waals surface area (Å²) >= 11 is 0. The third kappa shape index (κ3) is 21.6. The quantitative estimate of drug-likeness (QED) is 0.0205. The van der Waals surface area contributed by atoms with Crippen LogP contribution in [0.15, 0.2) is 0 Å². The number of unbranched alkanes of at least 4 members (excludes halogenated alkanes) is 8. The summed E-state index contributed by atoms with van der Waals surface area (Å²) in [4.78, 5) is 40.3. The third-order valence-electron chi connectivity index (χ3n) is 9.73. The van der Waals surface area contributed by atoms with E-state index in [0.717, 1.165) is 58.3 Å². The molecule has 10 atom stereocenters. The molecule has 0 saturated carbocycles. The first-order valence-electron chi connectivity index (χ1n) is 20.5. The Morgan fingerprint density at radius 1 is 0.729 bits per heavy atom. The van der Waals surface area contributed by atoms with Gasteiger partial charge in [-0.1, -0.05) is 45.4 Å². The van der Waals surface area contributed by atoms with Gasteiger partial charge in [0.05, 0.1) is 32.5 Å². The number of aliphatic hydroxyl groups is 3. The average molecular weight is 877 g/mol. The van der Waals surface area contributed by atoms with Crippen molar-refractivity contribution in [3.63, 3.8) is 0 Å². The van der Waals surface area contributed by atoms with Gasteiger partial charge in [-0.2, -0.15) is 8.42 Å². The first kappa shape index (κ1) is 53.1. The number of hydrogen-bond donors (Lipinski definition) is 7. The molecule has 2 rings (SSSR count). The zero-order valence-electron chi connectivity index (χ0n) is 34.5. The van der Waals surface area contributed by atoms with E-state index in [1.54, 1.807) is 14.0 Å². The number of amides is 2. The third-order valence-corrected chi connectivity index (χ3v) is 10.2. The largest absolute Gasteiger partial charge is 0.397 e. The molecule has 2 fully saturated rings. The van der Waals surface area contributed by atoms with Gasteiger partial charge in [-0.05, 0) is 32.1 Å². The number of rotatable bonds is 33. The van der Waals surface area contributed by atoms with Crippen molar-refractivity contribution in [2.75, 3.05) is 59.9 Å². The molecule has 0 aromatic rings. The minimum atomic E-state index is -5.17. The lowest BCUT2D eigenvalue weighted by atomic mass is 9.94. The van der Waals surface area contributed by atoms with Crippen molar-refractivity contribution < 1.29 is 90.2 Å². The summed E-state index contributed by atoms with van der Waals surface area (Å²) in [6, 6.07) is -1.34. The van der Waals surface area contributed by atoms with Crippen molar-refractivity contribution in [1.29, 1.82) is 0 Å². The highest BCUT2D eigenvalue weighted by atomic mass is 32.3. The van der Waals surface area contributed by atoms with Crippen LogP contribution in [0.2, 0.25) is 0 Å². The molecule has 0 aromatic heterocycles. The van der Waals surface area contributed by atoms with Crippen LogP contribution in [-0.4, -0.2) is 172 Å². The van der Waals surface area contributed by atoms with E-state index in [0.29, 0.717) is 58.7 Å². The molecule has 346 valence electrons. The minimum Gasteiger partial charge on any atom is -0.388 e. The normalized spacial score (nSPS) is 27.4. The van der Waals surface area contributed by atoms with E-state index >= 15 is 0 Å². The van der Waals surface area contributed by atoms with Crippen molar-refractivity contribution in [3.05, 3.63) is 0 Å². The second-order valence-corrected chi connectivity index (χ2v) is 15.6. The molecule has 2 aliphatic heterocycles. The Morgan fingerprint density at radius 2 is 1.34 bits per heavy atom. The smallest absolute Gasteiger partial charge is 0.388 e. The van der Waals surface area contributed by atoms with Crippen molar-refractivity contribution in [2.45, 2.75) is 159 Å².